The first kappa shape index (κ1) is 12.5. The minimum absolute atomic E-state index is 0.152. The predicted octanol–water partition coefficient (Wildman–Crippen LogP) is 3.00. The average Bonchev–Trinajstić information content (AvgIpc) is 2.14. The fraction of sp³-hybridized carbons (Fsp3) is 0.222. The number of carbonyl (C=O) groups is 1. The van der Waals surface area contributed by atoms with E-state index in [9.17, 15) is 22.1 Å². The number of rotatable bonds is 4. The number of carbonyl (C=O) groups excluding carboxylic acids is 1. The molecule has 0 aliphatic heterocycles. The number of nitrogens with one attached hydrogen (secondary N) is 1. The summed E-state index contributed by atoms with van der Waals surface area (Å²) >= 11 is 0. The van der Waals surface area contributed by atoms with E-state index in [4.69, 9.17) is 0 Å². The van der Waals surface area contributed by atoms with Gasteiger partial charge in [0, 0.05) is 12.1 Å². The lowest BCUT2D eigenvalue weighted by molar-refractivity contribution is -0.116. The van der Waals surface area contributed by atoms with Gasteiger partial charge >= 0.3 is 6.98 Å². The summed E-state index contributed by atoms with van der Waals surface area (Å²) in [5.41, 5.74) is 0.152. The highest BCUT2D eigenvalue weighted by molar-refractivity contribution is 6.58. The molecule has 0 spiro atoms. The van der Waals surface area contributed by atoms with Crippen LogP contribution in [0, 0.1) is 5.82 Å². The highest BCUT2D eigenvalue weighted by atomic mass is 19.4. The first-order chi connectivity index (χ1) is 7.37. The maximum atomic E-state index is 12.7. The van der Waals surface area contributed by atoms with E-state index in [0.717, 1.165) is 6.07 Å². The Labute approximate surface area is 89.7 Å². The summed E-state index contributed by atoms with van der Waals surface area (Å²) < 4.78 is 48.2. The van der Waals surface area contributed by atoms with Crippen molar-refractivity contribution in [2.75, 3.05) is 5.32 Å². The number of hydrogen-bond acceptors (Lipinski definition) is 1. The Morgan fingerprint density at radius 3 is 2.56 bits per heavy atom. The Bertz CT molecular complexity index is 380. The van der Waals surface area contributed by atoms with Gasteiger partial charge in [0.05, 0.1) is 0 Å². The SMILES string of the molecule is O=C(CC[B-](F)(F)F)Nc1cccc(F)c1. The molecule has 0 heterocycles. The molecule has 1 amide bonds. The third kappa shape index (κ3) is 4.81. The second-order valence-corrected chi connectivity index (χ2v) is 3.31. The molecule has 1 N–H and O–H groups in total. The van der Waals surface area contributed by atoms with Crippen LogP contribution in [0.2, 0.25) is 6.32 Å². The van der Waals surface area contributed by atoms with Gasteiger partial charge in [-0.1, -0.05) is 12.4 Å². The monoisotopic (exact) mass is 234 g/mol. The number of amides is 1. The topological polar surface area (TPSA) is 29.1 Å². The normalized spacial score (nSPS) is 11.2. The van der Waals surface area contributed by atoms with E-state index < -0.39 is 31.4 Å². The average molecular weight is 234 g/mol. The molecule has 1 aromatic carbocycles. The van der Waals surface area contributed by atoms with E-state index >= 15 is 0 Å². The number of anilines is 1. The van der Waals surface area contributed by atoms with Gasteiger partial charge < -0.3 is 18.3 Å². The van der Waals surface area contributed by atoms with E-state index in [0.29, 0.717) is 0 Å². The summed E-state index contributed by atoms with van der Waals surface area (Å²) in [5.74, 6) is -1.33. The van der Waals surface area contributed by atoms with E-state index in [2.05, 4.69) is 5.32 Å². The Morgan fingerprint density at radius 2 is 2.00 bits per heavy atom. The summed E-state index contributed by atoms with van der Waals surface area (Å²) in [6.07, 6.45) is -1.76. The molecule has 0 unspecified atom stereocenters. The molecule has 0 saturated carbocycles. The molecule has 0 bridgehead atoms. The molecule has 0 aliphatic carbocycles. The molecule has 1 rings (SSSR count). The van der Waals surface area contributed by atoms with E-state index in [-0.39, 0.29) is 5.69 Å². The zero-order valence-electron chi connectivity index (χ0n) is 8.22. The summed E-state index contributed by atoms with van der Waals surface area (Å²) in [5, 5.41) is 2.19. The lowest BCUT2D eigenvalue weighted by atomic mass is 9.84. The van der Waals surface area contributed by atoms with Gasteiger partial charge in [-0.05, 0) is 18.2 Å². The Morgan fingerprint density at radius 1 is 1.31 bits per heavy atom. The summed E-state index contributed by atoms with van der Waals surface area (Å²) in [7, 11) is 0. The van der Waals surface area contributed by atoms with Crippen LogP contribution in [0.15, 0.2) is 24.3 Å². The van der Waals surface area contributed by atoms with Crippen molar-refractivity contribution in [3.63, 3.8) is 0 Å². The van der Waals surface area contributed by atoms with Gasteiger partial charge in [-0.2, -0.15) is 0 Å². The molecule has 0 fully saturated rings. The highest BCUT2D eigenvalue weighted by Crippen LogP contribution is 2.17. The van der Waals surface area contributed by atoms with Crippen LogP contribution in [0.5, 0.6) is 0 Å². The molecule has 1 aromatic rings. The van der Waals surface area contributed by atoms with Crippen molar-refractivity contribution in [3.8, 4) is 0 Å². The van der Waals surface area contributed by atoms with Crippen molar-refractivity contribution in [3.05, 3.63) is 30.1 Å². The van der Waals surface area contributed by atoms with Gasteiger partial charge in [-0.3, -0.25) is 4.79 Å². The van der Waals surface area contributed by atoms with Crippen LogP contribution in [0.3, 0.4) is 0 Å². The quantitative estimate of drug-likeness (QED) is 0.629. The van der Waals surface area contributed by atoms with Crippen molar-refractivity contribution >= 4 is 18.6 Å². The first-order valence-electron chi connectivity index (χ1n) is 4.63. The van der Waals surface area contributed by atoms with Crippen molar-refractivity contribution in [1.29, 1.82) is 0 Å². The van der Waals surface area contributed by atoms with E-state index in [1.807, 2.05) is 0 Å². The van der Waals surface area contributed by atoms with Gasteiger partial charge in [0.1, 0.15) is 5.82 Å². The van der Waals surface area contributed by atoms with Crippen LogP contribution in [-0.2, 0) is 4.79 Å². The molecule has 2 nitrogen and oxygen atoms in total. The van der Waals surface area contributed by atoms with Crippen LogP contribution in [0.25, 0.3) is 0 Å². The summed E-state index contributed by atoms with van der Waals surface area (Å²) in [6, 6.07) is 4.98. The van der Waals surface area contributed by atoms with Gasteiger partial charge in [0.2, 0.25) is 5.91 Å². The van der Waals surface area contributed by atoms with Crippen LogP contribution in [0.1, 0.15) is 6.42 Å². The van der Waals surface area contributed by atoms with Crippen molar-refractivity contribution in [1.82, 2.24) is 0 Å². The zero-order chi connectivity index (χ0) is 12.2. The van der Waals surface area contributed by atoms with Crippen LogP contribution >= 0.6 is 0 Å². The highest BCUT2D eigenvalue weighted by Gasteiger charge is 2.23. The van der Waals surface area contributed by atoms with Crippen molar-refractivity contribution < 1.29 is 22.1 Å². The molecule has 0 saturated heterocycles. The molecular formula is C9H9BF4NO-. The largest absolute Gasteiger partial charge is 0.478 e. The fourth-order valence-electron chi connectivity index (χ4n) is 1.08. The Hall–Kier alpha value is -1.53. The lowest BCUT2D eigenvalue weighted by Gasteiger charge is -2.12. The van der Waals surface area contributed by atoms with Gasteiger partial charge in [0.25, 0.3) is 0 Å². The molecule has 16 heavy (non-hydrogen) atoms. The van der Waals surface area contributed by atoms with Crippen LogP contribution < -0.4 is 5.32 Å². The molecule has 0 radical (unpaired) electrons. The minimum Gasteiger partial charge on any atom is -0.449 e. The third-order valence-corrected chi connectivity index (χ3v) is 1.81. The number of hydrogen-bond donors (Lipinski definition) is 1. The Kier molecular flexibility index (Phi) is 3.92. The third-order valence-electron chi connectivity index (χ3n) is 1.81. The molecule has 0 atom stereocenters. The molecule has 7 heteroatoms. The second kappa shape index (κ2) is 5.00. The van der Waals surface area contributed by atoms with E-state index in [1.165, 1.54) is 18.2 Å². The van der Waals surface area contributed by atoms with Gasteiger partial charge in [-0.25, -0.2) is 4.39 Å². The number of halogens is 4. The standard InChI is InChI=1S/C9H9BF4NO/c11-7-2-1-3-8(6-7)15-9(16)4-5-10(12,13)14/h1-3,6H,4-5H2,(H,15,16)/q-1. The number of benzene rings is 1. The minimum atomic E-state index is -4.96. The first-order valence-corrected chi connectivity index (χ1v) is 4.63. The lowest BCUT2D eigenvalue weighted by Crippen LogP contribution is -2.19. The second-order valence-electron chi connectivity index (χ2n) is 3.31. The molecule has 0 aromatic heterocycles. The maximum Gasteiger partial charge on any atom is 0.478 e. The van der Waals surface area contributed by atoms with Crippen LogP contribution in [0.4, 0.5) is 23.0 Å². The molecule has 88 valence electrons. The molecular weight excluding hydrogens is 225 g/mol. The van der Waals surface area contributed by atoms with E-state index in [1.54, 1.807) is 0 Å². The van der Waals surface area contributed by atoms with Crippen molar-refractivity contribution in [2.24, 2.45) is 0 Å². The van der Waals surface area contributed by atoms with Crippen LogP contribution in [-0.4, -0.2) is 12.9 Å². The zero-order valence-corrected chi connectivity index (χ0v) is 8.22. The van der Waals surface area contributed by atoms with Crippen molar-refractivity contribution in [2.45, 2.75) is 12.7 Å². The Balaban J connectivity index is 2.46. The predicted molar refractivity (Wildman–Crippen MR) is 53.5 cm³/mol. The smallest absolute Gasteiger partial charge is 0.449 e. The summed E-state index contributed by atoms with van der Waals surface area (Å²) in [6.45, 7) is -4.96. The van der Waals surface area contributed by atoms with Gasteiger partial charge in [-0.15, -0.1) is 0 Å². The van der Waals surface area contributed by atoms with Gasteiger partial charge in [0.15, 0.2) is 0 Å². The summed E-state index contributed by atoms with van der Waals surface area (Å²) in [4.78, 5) is 11.0. The maximum absolute atomic E-state index is 12.7. The fourth-order valence-corrected chi connectivity index (χ4v) is 1.08. The molecule has 0 aliphatic rings.